The van der Waals surface area contributed by atoms with Crippen LogP contribution in [0, 0.1) is 17.8 Å². The van der Waals surface area contributed by atoms with Gasteiger partial charge in [-0.25, -0.2) is 0 Å². The standard InChI is InChI=1S/C20H36/c1-5-6-7-8-9-10-11-12-13-14-15-16-17-18-20(4)19(2)3/h19H,4-16H2,1-3H3/i4D2. The lowest BCUT2D eigenvalue weighted by Gasteiger charge is -2.01. The van der Waals surface area contributed by atoms with E-state index in [4.69, 9.17) is 2.74 Å². The smallest absolute Gasteiger partial charge is 0.0547 e. The van der Waals surface area contributed by atoms with Crippen LogP contribution in [0.5, 0.6) is 0 Å². The first kappa shape index (κ1) is 15.7. The zero-order chi connectivity index (χ0) is 16.6. The minimum absolute atomic E-state index is 0.124. The SMILES string of the molecule is [2H]C([2H])=C(C#CCCCCCCCCCCCCC)C(C)C. The summed E-state index contributed by atoms with van der Waals surface area (Å²) in [6.07, 6.45) is 15.8. The molecule has 0 amide bonds. The van der Waals surface area contributed by atoms with E-state index in [0.29, 0.717) is 5.57 Å². The van der Waals surface area contributed by atoms with Crippen molar-refractivity contribution >= 4 is 0 Å². The van der Waals surface area contributed by atoms with Gasteiger partial charge >= 0.3 is 0 Å². The molecule has 0 heteroatoms. The third-order valence-electron chi connectivity index (χ3n) is 3.71. The van der Waals surface area contributed by atoms with Gasteiger partial charge in [0.05, 0.1) is 2.74 Å². The summed E-state index contributed by atoms with van der Waals surface area (Å²) >= 11 is 0. The number of hydrogen-bond donors (Lipinski definition) is 0. The predicted molar refractivity (Wildman–Crippen MR) is 92.8 cm³/mol. The maximum Gasteiger partial charge on any atom is 0.0547 e. The largest absolute Gasteiger partial charge is 0.0982 e. The first-order chi connectivity index (χ1) is 10.6. The number of allylic oxidation sites excluding steroid dienone is 1. The molecule has 0 fully saturated rings. The van der Waals surface area contributed by atoms with Crippen molar-refractivity contribution in [2.45, 2.75) is 97.8 Å². The molecule has 0 aromatic rings. The first-order valence-electron chi connectivity index (χ1n) is 9.75. The second-order valence-electron chi connectivity index (χ2n) is 6.16. The Morgan fingerprint density at radius 3 is 1.85 bits per heavy atom. The van der Waals surface area contributed by atoms with E-state index in [-0.39, 0.29) is 12.4 Å². The Hall–Kier alpha value is -0.700. The van der Waals surface area contributed by atoms with Gasteiger partial charge in [0.1, 0.15) is 0 Å². The maximum atomic E-state index is 7.37. The first-order valence-corrected chi connectivity index (χ1v) is 8.75. The molecule has 0 saturated carbocycles. The highest BCUT2D eigenvalue weighted by Gasteiger charge is 1.94. The summed E-state index contributed by atoms with van der Waals surface area (Å²) in [5, 5.41) is 0. The van der Waals surface area contributed by atoms with Gasteiger partial charge < -0.3 is 0 Å². The Morgan fingerprint density at radius 2 is 1.40 bits per heavy atom. The van der Waals surface area contributed by atoms with Crippen molar-refractivity contribution in [3.8, 4) is 11.8 Å². The molecule has 0 radical (unpaired) electrons. The van der Waals surface area contributed by atoms with E-state index in [0.717, 1.165) is 12.8 Å². The Bertz CT molecular complexity index is 340. The third-order valence-corrected chi connectivity index (χ3v) is 3.71. The molecule has 0 unspecified atom stereocenters. The number of unbranched alkanes of at least 4 members (excludes halogenated alkanes) is 11. The van der Waals surface area contributed by atoms with Crippen LogP contribution < -0.4 is 0 Å². The summed E-state index contributed by atoms with van der Waals surface area (Å²) in [6.45, 7) is 6.13. The second-order valence-corrected chi connectivity index (χ2v) is 6.16. The fourth-order valence-corrected chi connectivity index (χ4v) is 2.18. The fourth-order valence-electron chi connectivity index (χ4n) is 2.18. The molecule has 0 rings (SSSR count). The molecule has 0 atom stereocenters. The van der Waals surface area contributed by atoms with Crippen molar-refractivity contribution in [2.24, 2.45) is 5.92 Å². The van der Waals surface area contributed by atoms with Gasteiger partial charge in [0.15, 0.2) is 0 Å². The van der Waals surface area contributed by atoms with E-state index in [1.54, 1.807) is 0 Å². The van der Waals surface area contributed by atoms with Gasteiger partial charge in [-0.05, 0) is 17.9 Å². The van der Waals surface area contributed by atoms with Gasteiger partial charge in [0.25, 0.3) is 0 Å². The highest BCUT2D eigenvalue weighted by molar-refractivity contribution is 5.26. The van der Waals surface area contributed by atoms with Crippen LogP contribution in [-0.4, -0.2) is 0 Å². The van der Waals surface area contributed by atoms with Crippen LogP contribution in [-0.2, 0) is 0 Å². The Balaban J connectivity index is 3.47. The zero-order valence-corrected chi connectivity index (χ0v) is 14.1. The molecule has 0 aliphatic rings. The highest BCUT2D eigenvalue weighted by Crippen LogP contribution is 2.11. The van der Waals surface area contributed by atoms with E-state index < -0.39 is 0 Å². The molecule has 0 aromatic carbocycles. The minimum atomic E-state index is -0.124. The summed E-state index contributed by atoms with van der Waals surface area (Å²) in [6, 6.07) is 0. The van der Waals surface area contributed by atoms with Crippen LogP contribution in [0.1, 0.15) is 101 Å². The van der Waals surface area contributed by atoms with Crippen molar-refractivity contribution < 1.29 is 2.74 Å². The van der Waals surface area contributed by atoms with E-state index in [1.165, 1.54) is 64.2 Å². The Morgan fingerprint density at radius 1 is 0.900 bits per heavy atom. The van der Waals surface area contributed by atoms with E-state index in [9.17, 15) is 0 Å². The topological polar surface area (TPSA) is 0 Å². The molecule has 0 aliphatic carbocycles. The van der Waals surface area contributed by atoms with Gasteiger partial charge in [-0.1, -0.05) is 103 Å². The van der Waals surface area contributed by atoms with Crippen LogP contribution in [0.2, 0.25) is 0 Å². The molecule has 20 heavy (non-hydrogen) atoms. The monoisotopic (exact) mass is 278 g/mol. The van der Waals surface area contributed by atoms with E-state index in [2.05, 4.69) is 18.8 Å². The zero-order valence-electron chi connectivity index (χ0n) is 16.1. The van der Waals surface area contributed by atoms with Crippen molar-refractivity contribution in [2.75, 3.05) is 0 Å². The van der Waals surface area contributed by atoms with Gasteiger partial charge in [-0.2, -0.15) is 0 Å². The molecule has 0 spiro atoms. The minimum Gasteiger partial charge on any atom is -0.0982 e. The van der Waals surface area contributed by atoms with Gasteiger partial charge in [-0.15, -0.1) is 0 Å². The predicted octanol–water partition coefficient (Wildman–Crippen LogP) is 6.90. The summed E-state index contributed by atoms with van der Waals surface area (Å²) < 4.78 is 14.7. The molecular formula is C20H36. The lowest BCUT2D eigenvalue weighted by atomic mass is 10.0. The maximum absolute atomic E-state index is 7.37. The van der Waals surface area contributed by atoms with Crippen LogP contribution in [0.4, 0.5) is 0 Å². The molecule has 0 N–H and O–H groups in total. The molecule has 0 bridgehead atoms. The van der Waals surface area contributed by atoms with Crippen LogP contribution in [0.3, 0.4) is 0 Å². The van der Waals surface area contributed by atoms with Gasteiger partial charge in [0, 0.05) is 6.42 Å². The van der Waals surface area contributed by atoms with Crippen molar-refractivity contribution in [1.82, 2.24) is 0 Å². The Labute approximate surface area is 131 Å². The van der Waals surface area contributed by atoms with Crippen LogP contribution in [0.15, 0.2) is 12.1 Å². The highest BCUT2D eigenvalue weighted by atomic mass is 14.0. The normalized spacial score (nSPS) is 11.6. The van der Waals surface area contributed by atoms with Gasteiger partial charge in [-0.3, -0.25) is 0 Å². The summed E-state index contributed by atoms with van der Waals surface area (Å²) in [4.78, 5) is 0. The molecule has 116 valence electrons. The van der Waals surface area contributed by atoms with E-state index in [1.807, 2.05) is 13.8 Å². The second kappa shape index (κ2) is 14.7. The average molecular weight is 279 g/mol. The molecule has 0 aliphatic heterocycles. The molecule has 0 aromatic heterocycles. The van der Waals surface area contributed by atoms with Gasteiger partial charge in [0.2, 0.25) is 0 Å². The molecule has 0 saturated heterocycles. The van der Waals surface area contributed by atoms with Crippen molar-refractivity contribution in [1.29, 1.82) is 0 Å². The van der Waals surface area contributed by atoms with Crippen molar-refractivity contribution in [3.63, 3.8) is 0 Å². The average Bonchev–Trinajstić information content (AvgIpc) is 2.46. The van der Waals surface area contributed by atoms with Crippen LogP contribution >= 0.6 is 0 Å². The lowest BCUT2D eigenvalue weighted by Crippen LogP contribution is -1.87. The summed E-state index contributed by atoms with van der Waals surface area (Å²) in [7, 11) is 0. The third kappa shape index (κ3) is 13.7. The quantitative estimate of drug-likeness (QED) is 0.269. The fraction of sp³-hybridized carbons (Fsp3) is 0.800. The summed E-state index contributed by atoms with van der Waals surface area (Å²) in [5.41, 5.74) is 0.670. The molecule has 0 heterocycles. The molecule has 0 nitrogen and oxygen atoms in total. The Kier molecular flexibility index (Phi) is 11.5. The van der Waals surface area contributed by atoms with E-state index >= 15 is 0 Å². The summed E-state index contributed by atoms with van der Waals surface area (Å²) in [5.74, 6) is 6.33. The van der Waals surface area contributed by atoms with Crippen LogP contribution in [0.25, 0.3) is 0 Å². The number of hydrogen-bond acceptors (Lipinski definition) is 0. The molecular weight excluding hydrogens is 240 g/mol. The van der Waals surface area contributed by atoms with Crippen molar-refractivity contribution in [3.05, 3.63) is 12.1 Å². The lowest BCUT2D eigenvalue weighted by molar-refractivity contribution is 0.551. The number of rotatable bonds is 12.